The van der Waals surface area contributed by atoms with Crippen molar-refractivity contribution in [3.8, 4) is 0 Å². The van der Waals surface area contributed by atoms with E-state index in [1.54, 1.807) is 0 Å². The Morgan fingerprint density at radius 3 is 2.64 bits per heavy atom. The smallest absolute Gasteiger partial charge is 0.255 e. The molecule has 5 rings (SSSR count). The van der Waals surface area contributed by atoms with E-state index in [4.69, 9.17) is 0 Å². The Hall–Kier alpha value is -2.35. The number of rotatable bonds is 3. The molecular formula is C23H23NO. The van der Waals surface area contributed by atoms with Crippen LogP contribution in [0.3, 0.4) is 0 Å². The van der Waals surface area contributed by atoms with Gasteiger partial charge in [-0.05, 0) is 48.3 Å². The van der Waals surface area contributed by atoms with Crippen LogP contribution in [0, 0.1) is 17.8 Å². The van der Waals surface area contributed by atoms with Crippen molar-refractivity contribution >= 4 is 5.91 Å². The minimum Gasteiger partial charge on any atom is -0.324 e. The first-order chi connectivity index (χ1) is 12.3. The Morgan fingerprint density at radius 1 is 1.08 bits per heavy atom. The molecule has 3 aliphatic rings. The van der Waals surface area contributed by atoms with Gasteiger partial charge in [-0.3, -0.25) is 4.79 Å². The molecule has 0 saturated heterocycles. The van der Waals surface area contributed by atoms with Crippen LogP contribution in [-0.2, 0) is 12.1 Å². The number of fused-ring (bicyclic) bond motifs is 5. The highest BCUT2D eigenvalue weighted by atomic mass is 16.2. The lowest BCUT2D eigenvalue weighted by Crippen LogP contribution is -2.51. The largest absolute Gasteiger partial charge is 0.324 e. The number of carbonyl (C=O) groups is 1. The van der Waals surface area contributed by atoms with Gasteiger partial charge in [0.1, 0.15) is 0 Å². The molecule has 2 nitrogen and oxygen atoms in total. The van der Waals surface area contributed by atoms with Gasteiger partial charge in [0.15, 0.2) is 0 Å². The van der Waals surface area contributed by atoms with Crippen molar-refractivity contribution in [3.05, 3.63) is 83.9 Å². The minimum absolute atomic E-state index is 0.186. The second-order valence-corrected chi connectivity index (χ2v) is 7.78. The van der Waals surface area contributed by atoms with Crippen LogP contribution in [-0.4, -0.2) is 10.8 Å². The summed E-state index contributed by atoms with van der Waals surface area (Å²) in [6.45, 7) is 4.86. The van der Waals surface area contributed by atoms with Crippen molar-refractivity contribution in [2.24, 2.45) is 17.8 Å². The molecule has 1 spiro atoms. The van der Waals surface area contributed by atoms with Crippen LogP contribution in [0.5, 0.6) is 0 Å². The molecule has 2 aromatic carbocycles. The maximum Gasteiger partial charge on any atom is 0.255 e. The molecule has 1 amide bonds. The third-order valence-electron chi connectivity index (χ3n) is 6.83. The van der Waals surface area contributed by atoms with Crippen LogP contribution in [0.4, 0.5) is 0 Å². The molecule has 0 aromatic heterocycles. The number of nitrogens with zero attached hydrogens (tertiary/aromatic N) is 1. The van der Waals surface area contributed by atoms with Gasteiger partial charge in [-0.2, -0.15) is 0 Å². The van der Waals surface area contributed by atoms with Crippen LogP contribution in [0.1, 0.15) is 40.7 Å². The van der Waals surface area contributed by atoms with E-state index in [-0.39, 0.29) is 11.4 Å². The summed E-state index contributed by atoms with van der Waals surface area (Å²) >= 11 is 0. The molecular weight excluding hydrogens is 306 g/mol. The molecule has 2 saturated carbocycles. The summed E-state index contributed by atoms with van der Waals surface area (Å²) in [4.78, 5) is 15.6. The van der Waals surface area contributed by atoms with Crippen LogP contribution in [0.25, 0.3) is 0 Å². The van der Waals surface area contributed by atoms with E-state index in [0.717, 1.165) is 5.56 Å². The summed E-state index contributed by atoms with van der Waals surface area (Å²) in [6, 6.07) is 18.7. The number of carbonyl (C=O) groups excluding carboxylic acids is 1. The van der Waals surface area contributed by atoms with Gasteiger partial charge in [0.25, 0.3) is 5.91 Å². The van der Waals surface area contributed by atoms with Gasteiger partial charge in [0.2, 0.25) is 0 Å². The lowest BCUT2D eigenvalue weighted by molar-refractivity contribution is 0.0134. The topological polar surface area (TPSA) is 20.3 Å². The molecule has 0 N–H and O–H groups in total. The molecule has 2 aromatic rings. The van der Waals surface area contributed by atoms with Gasteiger partial charge < -0.3 is 4.90 Å². The summed E-state index contributed by atoms with van der Waals surface area (Å²) < 4.78 is 0. The van der Waals surface area contributed by atoms with E-state index in [1.165, 1.54) is 30.4 Å². The SMILES string of the molecule is C=CC1C2CCC(C2)C12c1ccccc1C(=O)N2Cc1ccccc1. The molecule has 2 bridgehead atoms. The number of amides is 1. The molecule has 0 radical (unpaired) electrons. The molecule has 4 atom stereocenters. The van der Waals surface area contributed by atoms with E-state index in [9.17, 15) is 4.79 Å². The predicted molar refractivity (Wildman–Crippen MR) is 99.0 cm³/mol. The van der Waals surface area contributed by atoms with Crippen LogP contribution in [0.15, 0.2) is 67.3 Å². The van der Waals surface area contributed by atoms with Crippen LogP contribution in [0.2, 0.25) is 0 Å². The second-order valence-electron chi connectivity index (χ2n) is 7.78. The number of benzene rings is 2. The third-order valence-corrected chi connectivity index (χ3v) is 6.83. The monoisotopic (exact) mass is 329 g/mol. The molecule has 2 heteroatoms. The standard InChI is InChI=1S/C23H23NO/c1-2-20-17-12-13-18(14-17)23(20)21-11-7-6-10-19(21)22(25)24(23)15-16-8-4-3-5-9-16/h2-11,17-18,20H,1,12-15H2. The predicted octanol–water partition coefficient (Wildman–Crippen LogP) is 4.77. The van der Waals surface area contributed by atoms with E-state index >= 15 is 0 Å². The van der Waals surface area contributed by atoms with Gasteiger partial charge >= 0.3 is 0 Å². The van der Waals surface area contributed by atoms with Crippen molar-refractivity contribution in [2.45, 2.75) is 31.3 Å². The van der Waals surface area contributed by atoms with E-state index in [1.807, 2.05) is 18.2 Å². The average Bonchev–Trinajstić information content (AvgIpc) is 3.31. The summed E-state index contributed by atoms with van der Waals surface area (Å²) in [6.07, 6.45) is 5.86. The first kappa shape index (κ1) is 14.9. The summed E-state index contributed by atoms with van der Waals surface area (Å²) in [7, 11) is 0. The Labute approximate surface area is 149 Å². The quantitative estimate of drug-likeness (QED) is 0.743. The van der Waals surface area contributed by atoms with Crippen molar-refractivity contribution in [3.63, 3.8) is 0 Å². The third kappa shape index (κ3) is 1.83. The molecule has 1 aliphatic heterocycles. The molecule has 2 fully saturated rings. The lowest BCUT2D eigenvalue weighted by Gasteiger charge is -2.47. The number of hydrogen-bond acceptors (Lipinski definition) is 1. The molecule has 2 aliphatic carbocycles. The zero-order valence-electron chi connectivity index (χ0n) is 14.4. The van der Waals surface area contributed by atoms with Crippen LogP contribution >= 0.6 is 0 Å². The Bertz CT molecular complexity index is 842. The van der Waals surface area contributed by atoms with Gasteiger partial charge in [-0.25, -0.2) is 0 Å². The fourth-order valence-electron chi connectivity index (χ4n) is 5.99. The number of hydrogen-bond donors (Lipinski definition) is 0. The molecule has 4 unspecified atom stereocenters. The van der Waals surface area contributed by atoms with Crippen molar-refractivity contribution in [2.75, 3.05) is 0 Å². The highest BCUT2D eigenvalue weighted by molar-refractivity contribution is 6.00. The lowest BCUT2D eigenvalue weighted by atomic mass is 9.68. The van der Waals surface area contributed by atoms with E-state index in [0.29, 0.717) is 24.3 Å². The molecule has 126 valence electrons. The van der Waals surface area contributed by atoms with Crippen molar-refractivity contribution in [1.82, 2.24) is 4.90 Å². The van der Waals surface area contributed by atoms with Gasteiger partial charge in [0.05, 0.1) is 5.54 Å². The highest BCUT2D eigenvalue weighted by Gasteiger charge is 2.65. The molecule has 25 heavy (non-hydrogen) atoms. The zero-order valence-corrected chi connectivity index (χ0v) is 14.4. The van der Waals surface area contributed by atoms with E-state index < -0.39 is 0 Å². The van der Waals surface area contributed by atoms with Gasteiger partial charge in [-0.15, -0.1) is 6.58 Å². The summed E-state index contributed by atoms with van der Waals surface area (Å²) in [5.74, 6) is 1.78. The van der Waals surface area contributed by atoms with Crippen molar-refractivity contribution in [1.29, 1.82) is 0 Å². The minimum atomic E-state index is -0.186. The normalized spacial score (nSPS) is 32.4. The fourth-order valence-corrected chi connectivity index (χ4v) is 5.99. The maximum atomic E-state index is 13.4. The van der Waals surface area contributed by atoms with E-state index in [2.05, 4.69) is 54.0 Å². The Morgan fingerprint density at radius 2 is 1.84 bits per heavy atom. The maximum absolute atomic E-state index is 13.4. The van der Waals surface area contributed by atoms with Gasteiger partial charge in [-0.1, -0.05) is 54.6 Å². The highest BCUT2D eigenvalue weighted by Crippen LogP contribution is 2.65. The zero-order chi connectivity index (χ0) is 17.0. The van der Waals surface area contributed by atoms with Crippen LogP contribution < -0.4 is 0 Å². The second kappa shape index (κ2) is 5.32. The summed E-state index contributed by atoms with van der Waals surface area (Å²) in [5, 5.41) is 0. The first-order valence-electron chi connectivity index (χ1n) is 9.34. The Kier molecular flexibility index (Phi) is 3.18. The van der Waals surface area contributed by atoms with Crippen molar-refractivity contribution < 1.29 is 4.79 Å². The van der Waals surface area contributed by atoms with Gasteiger partial charge in [0, 0.05) is 18.0 Å². The average molecular weight is 329 g/mol. The Balaban J connectivity index is 1.69. The summed E-state index contributed by atoms with van der Waals surface area (Å²) in [5.41, 5.74) is 3.16. The first-order valence-corrected chi connectivity index (χ1v) is 9.34. The fraction of sp³-hybridized carbons (Fsp3) is 0.348. The molecule has 1 heterocycles.